The second-order valence-electron chi connectivity index (χ2n) is 7.17. The van der Waals surface area contributed by atoms with E-state index in [1.807, 2.05) is 5.32 Å². The van der Waals surface area contributed by atoms with Crippen molar-refractivity contribution in [3.8, 4) is 5.75 Å². The predicted molar refractivity (Wildman–Crippen MR) is 121 cm³/mol. The van der Waals surface area contributed by atoms with Gasteiger partial charge in [-0.1, -0.05) is 38.1 Å². The molecule has 0 unspecified atom stereocenters. The van der Waals surface area contributed by atoms with Crippen molar-refractivity contribution < 1.29 is 34.5 Å². The summed E-state index contributed by atoms with van der Waals surface area (Å²) in [6.45, 7) is -11.9. The minimum atomic E-state index is -3.28. The average molecular weight is 443 g/mol. The van der Waals surface area contributed by atoms with Gasteiger partial charge in [-0.2, -0.15) is 0 Å². The summed E-state index contributed by atoms with van der Waals surface area (Å²) in [5, 5.41) is 1.85. The third-order valence-electron chi connectivity index (χ3n) is 4.11. The summed E-state index contributed by atoms with van der Waals surface area (Å²) < 4.78 is 144. The lowest BCUT2D eigenvalue weighted by Gasteiger charge is -2.37. The number of piperidine rings is 1. The fourth-order valence-corrected chi connectivity index (χ4v) is 2.54. The van der Waals surface area contributed by atoms with E-state index in [0.717, 1.165) is 24.3 Å². The number of nitrogens with one attached hydrogen (secondary N) is 1. The molecule has 2 aromatic rings. The summed E-state index contributed by atoms with van der Waals surface area (Å²) in [5.74, 6) is -1.28. The van der Waals surface area contributed by atoms with Crippen molar-refractivity contribution in [3.05, 3.63) is 65.4 Å². The number of halogens is 1. The van der Waals surface area contributed by atoms with Crippen molar-refractivity contribution >= 4 is 6.03 Å². The molecule has 1 aliphatic heterocycles. The number of hydrogen-bond donors (Lipinski definition) is 1. The van der Waals surface area contributed by atoms with E-state index < -0.39 is 99.2 Å². The van der Waals surface area contributed by atoms with Crippen molar-refractivity contribution in [2.75, 3.05) is 26.6 Å². The van der Waals surface area contributed by atoms with Crippen molar-refractivity contribution in [2.24, 2.45) is 5.92 Å². The van der Waals surface area contributed by atoms with Crippen LogP contribution in [0.3, 0.4) is 0 Å². The first-order valence-corrected chi connectivity index (χ1v) is 9.67. The molecule has 5 nitrogen and oxygen atoms in total. The van der Waals surface area contributed by atoms with Crippen LogP contribution < -0.4 is 10.1 Å². The fourth-order valence-electron chi connectivity index (χ4n) is 2.54. The van der Waals surface area contributed by atoms with Crippen LogP contribution >= 0.6 is 0 Å². The van der Waals surface area contributed by atoms with Crippen molar-refractivity contribution in [1.82, 2.24) is 15.1 Å². The number of likely N-dealkylation sites (tertiary alicyclic amines) is 1. The highest BCUT2D eigenvalue weighted by atomic mass is 19.1. The molecule has 168 valence electrons. The maximum absolute atomic E-state index is 13.9. The molecule has 0 atom stereocenters. The molecule has 0 aliphatic carbocycles. The van der Waals surface area contributed by atoms with Gasteiger partial charge in [-0.05, 0) is 74.1 Å². The van der Waals surface area contributed by atoms with Crippen LogP contribution in [0.5, 0.6) is 5.75 Å². The summed E-state index contributed by atoms with van der Waals surface area (Å²) in [6.07, 6.45) is -1.91. The van der Waals surface area contributed by atoms with Gasteiger partial charge in [-0.3, -0.25) is 0 Å². The molecule has 2 aromatic carbocycles. The predicted octanol–water partition coefficient (Wildman–Crippen LogP) is 4.67. The van der Waals surface area contributed by atoms with E-state index in [9.17, 15) is 9.18 Å². The molecule has 0 saturated carbocycles. The number of amides is 2. The van der Waals surface area contributed by atoms with E-state index in [0.29, 0.717) is 0 Å². The molecule has 6 heteroatoms. The number of carbonyl (C=O) groups excluding carboxylic acids is 1. The van der Waals surface area contributed by atoms with E-state index in [2.05, 4.69) is 0 Å². The molecule has 1 aliphatic rings. The smallest absolute Gasteiger partial charge is 0.318 e. The van der Waals surface area contributed by atoms with Gasteiger partial charge in [0.05, 0.1) is 17.6 Å². The molecule has 2 amide bonds. The van der Waals surface area contributed by atoms with Gasteiger partial charge in [0.2, 0.25) is 0 Å². The lowest BCUT2D eigenvalue weighted by atomic mass is 10.0. The molecule has 3 rings (SSSR count). The van der Waals surface area contributed by atoms with Crippen molar-refractivity contribution in [2.45, 2.75) is 45.7 Å². The van der Waals surface area contributed by atoms with Crippen LogP contribution in [0.15, 0.2) is 48.4 Å². The number of rotatable bonds is 8. The average Bonchev–Trinajstić information content (AvgIpc) is 2.84. The van der Waals surface area contributed by atoms with Gasteiger partial charge < -0.3 is 19.9 Å². The highest BCUT2D eigenvalue weighted by Gasteiger charge is 2.27. The summed E-state index contributed by atoms with van der Waals surface area (Å²) >= 11 is 0. The third-order valence-corrected chi connectivity index (χ3v) is 4.11. The Labute approximate surface area is 206 Å². The van der Waals surface area contributed by atoms with Gasteiger partial charge in [0.15, 0.2) is 0 Å². The van der Waals surface area contributed by atoms with Crippen LogP contribution in [0, 0.1) is 11.7 Å². The summed E-state index contributed by atoms with van der Waals surface area (Å²) in [5.41, 5.74) is -1.31. The first-order chi connectivity index (χ1) is 20.8. The maximum Gasteiger partial charge on any atom is 0.318 e. The summed E-state index contributed by atoms with van der Waals surface area (Å²) in [6, 6.07) is -3.04. The van der Waals surface area contributed by atoms with Crippen LogP contribution in [0.2, 0.25) is 0 Å². The Morgan fingerprint density at radius 2 is 1.97 bits per heavy atom. The Bertz CT molecular complexity index is 1400. The quantitative estimate of drug-likeness (QED) is 0.646. The van der Waals surface area contributed by atoms with E-state index >= 15 is 0 Å². The number of nitrogens with zero attached hydrogens (tertiary/aromatic N) is 2. The first kappa shape index (κ1) is 10.3. The van der Waals surface area contributed by atoms with E-state index in [4.69, 9.17) is 25.3 Å². The van der Waals surface area contributed by atoms with Crippen LogP contribution in [-0.4, -0.2) is 48.4 Å². The number of hydrogen-bond acceptors (Lipinski definition) is 3. The monoisotopic (exact) mass is 442 g/mol. The Morgan fingerprint density at radius 1 is 1.29 bits per heavy atom. The topological polar surface area (TPSA) is 44.8 Å². The molecule has 1 saturated heterocycles. The standard InChI is InChI=1S/C25H34FN3O2/c1-19(2)18-31-24-10-6-20(7-11-24)16-27-25(30)29(23-12-14-28(3)15-13-23)17-21-4-8-22(26)9-5-21/h4-11,19,23H,12-18H2,1-3H3,(H,27,30)/i3D3,6D,7D,10D,11D,14D2,15D2,16D2,17D2. The molecule has 1 heterocycles. The summed E-state index contributed by atoms with van der Waals surface area (Å²) in [4.78, 5) is 14.2. The molecule has 0 spiro atoms. The van der Waals surface area contributed by atoms with Gasteiger partial charge in [-0.25, -0.2) is 9.18 Å². The van der Waals surface area contributed by atoms with E-state index in [1.165, 1.54) is 0 Å². The van der Waals surface area contributed by atoms with Crippen LogP contribution in [0.25, 0.3) is 0 Å². The first-order valence-electron chi connectivity index (χ1n) is 17.2. The number of carbonyl (C=O) groups is 1. The zero-order chi connectivity index (χ0) is 35.4. The third kappa shape index (κ3) is 7.24. The molecule has 1 fully saturated rings. The molecule has 31 heavy (non-hydrogen) atoms. The number of urea groups is 1. The maximum atomic E-state index is 13.9. The minimum absolute atomic E-state index is 0.000472. The van der Waals surface area contributed by atoms with Crippen LogP contribution in [0.1, 0.15) is 58.4 Å². The zero-order valence-electron chi connectivity index (χ0n) is 32.2. The molecular formula is C25H34FN3O2. The Kier molecular flexibility index (Phi) is 3.72. The van der Waals surface area contributed by atoms with Gasteiger partial charge in [0.25, 0.3) is 0 Å². The second-order valence-corrected chi connectivity index (χ2v) is 7.17. The van der Waals surface area contributed by atoms with Gasteiger partial charge in [-0.15, -0.1) is 0 Å². The van der Waals surface area contributed by atoms with E-state index in [-0.39, 0.29) is 27.9 Å². The molecule has 0 aromatic heterocycles. The Balaban J connectivity index is 2.14. The SMILES string of the molecule is [2H]c1c([2H])c(C([2H])([2H])NC(=O)N(C2CC([2H])([2H])N(C([2H])([2H])[2H])C([2H])([2H])C2)C([2H])([2H])c2ccc(F)cc2)c([2H])c([2H])c1OCC(C)C. The van der Waals surface area contributed by atoms with Gasteiger partial charge in [0.1, 0.15) is 11.6 Å². The highest BCUT2D eigenvalue weighted by Crippen LogP contribution is 2.19. The zero-order valence-corrected chi connectivity index (χ0v) is 17.2. The molecule has 0 radical (unpaired) electrons. The summed E-state index contributed by atoms with van der Waals surface area (Å²) in [7, 11) is 0. The number of benzene rings is 2. The highest BCUT2D eigenvalue weighted by molar-refractivity contribution is 5.74. The molecule has 1 N–H and O–H groups in total. The largest absolute Gasteiger partial charge is 0.493 e. The Hall–Kier alpha value is -2.60. The minimum Gasteiger partial charge on any atom is -0.493 e. The van der Waals surface area contributed by atoms with E-state index in [1.54, 1.807) is 13.8 Å². The Morgan fingerprint density at radius 3 is 2.58 bits per heavy atom. The van der Waals surface area contributed by atoms with Gasteiger partial charge >= 0.3 is 6.03 Å². The molecular weight excluding hydrogens is 393 g/mol. The van der Waals surface area contributed by atoms with Crippen molar-refractivity contribution in [1.29, 1.82) is 0 Å². The van der Waals surface area contributed by atoms with Crippen LogP contribution in [0.4, 0.5) is 9.18 Å². The lowest BCUT2D eigenvalue weighted by molar-refractivity contribution is 0.127. The van der Waals surface area contributed by atoms with Gasteiger partial charge in [0, 0.05) is 28.6 Å². The second kappa shape index (κ2) is 11.1. The molecule has 0 bridgehead atoms. The normalized spacial score (nSPS) is 26.8. The van der Waals surface area contributed by atoms with Crippen LogP contribution in [-0.2, 0) is 13.0 Å². The fraction of sp³-hybridized carbons (Fsp3) is 0.480. The lowest BCUT2D eigenvalue weighted by Crippen LogP contribution is -2.49. The van der Waals surface area contributed by atoms with Crippen molar-refractivity contribution in [3.63, 3.8) is 0 Å². The number of ether oxygens (including phenoxy) is 1.